The van der Waals surface area contributed by atoms with Crippen molar-refractivity contribution in [3.8, 4) is 16.9 Å². The summed E-state index contributed by atoms with van der Waals surface area (Å²) in [5.41, 5.74) is 1.69. The van der Waals surface area contributed by atoms with Gasteiger partial charge in [0.05, 0.1) is 10.9 Å². The molecule has 0 unspecified atom stereocenters. The van der Waals surface area contributed by atoms with Crippen LogP contribution in [0.3, 0.4) is 0 Å². The van der Waals surface area contributed by atoms with E-state index in [0.717, 1.165) is 38.3 Å². The van der Waals surface area contributed by atoms with E-state index in [9.17, 15) is 9.59 Å². The maximum atomic E-state index is 12.8. The van der Waals surface area contributed by atoms with Crippen LogP contribution in [0.4, 0.5) is 0 Å². The van der Waals surface area contributed by atoms with E-state index in [1.807, 2.05) is 35.2 Å². The van der Waals surface area contributed by atoms with Crippen LogP contribution in [-0.2, 0) is 4.79 Å². The molecule has 2 aromatic carbocycles. The van der Waals surface area contributed by atoms with Gasteiger partial charge in [0, 0.05) is 32.2 Å². The molecule has 0 saturated carbocycles. The Morgan fingerprint density at radius 2 is 1.83 bits per heavy atom. The fourth-order valence-electron chi connectivity index (χ4n) is 3.57. The van der Waals surface area contributed by atoms with Gasteiger partial charge in [0.15, 0.2) is 12.0 Å². The molecule has 1 saturated heterocycles. The van der Waals surface area contributed by atoms with Crippen molar-refractivity contribution in [2.24, 2.45) is 0 Å². The zero-order valence-electron chi connectivity index (χ0n) is 16.5. The summed E-state index contributed by atoms with van der Waals surface area (Å²) in [4.78, 5) is 29.3. The van der Waals surface area contributed by atoms with Gasteiger partial charge in [-0.2, -0.15) is 0 Å². The molecule has 29 heavy (non-hydrogen) atoms. The minimum Gasteiger partial charge on any atom is -0.484 e. The summed E-state index contributed by atoms with van der Waals surface area (Å²) >= 11 is 0. The molecular formula is C23H24N2O4. The summed E-state index contributed by atoms with van der Waals surface area (Å²) in [5.74, 6) is 0.482. The SMILES string of the molecule is CCN1CCN(C(=O)COc2ccc3c(=O)c(-c4ccccc4)coc3c2)CC1. The second-order valence-corrected chi connectivity index (χ2v) is 7.11. The van der Waals surface area contributed by atoms with Gasteiger partial charge in [0.2, 0.25) is 0 Å². The minimum absolute atomic E-state index is 0.0238. The standard InChI is InChI=1S/C23H24N2O4/c1-2-24-10-12-25(13-11-24)22(26)16-28-18-8-9-19-21(14-18)29-15-20(23(19)27)17-6-4-3-5-7-17/h3-9,14-15H,2,10-13,16H2,1H3. The number of amides is 1. The summed E-state index contributed by atoms with van der Waals surface area (Å²) in [7, 11) is 0. The van der Waals surface area contributed by atoms with Gasteiger partial charge in [0.25, 0.3) is 5.91 Å². The van der Waals surface area contributed by atoms with Crippen molar-refractivity contribution in [1.82, 2.24) is 9.80 Å². The van der Waals surface area contributed by atoms with Crippen LogP contribution in [0.1, 0.15) is 6.92 Å². The normalized spacial score (nSPS) is 14.9. The van der Waals surface area contributed by atoms with Crippen LogP contribution in [0.15, 0.2) is 64.0 Å². The van der Waals surface area contributed by atoms with Gasteiger partial charge < -0.3 is 19.0 Å². The Bertz CT molecular complexity index is 1050. The number of likely N-dealkylation sites (N-methyl/N-ethyl adjacent to an activating group) is 1. The fourth-order valence-corrected chi connectivity index (χ4v) is 3.57. The lowest BCUT2D eigenvalue weighted by Gasteiger charge is -2.33. The average Bonchev–Trinajstić information content (AvgIpc) is 2.78. The topological polar surface area (TPSA) is 63.0 Å². The first kappa shape index (κ1) is 19.2. The van der Waals surface area contributed by atoms with Crippen molar-refractivity contribution in [2.45, 2.75) is 6.92 Å². The highest BCUT2D eigenvalue weighted by molar-refractivity contribution is 5.83. The van der Waals surface area contributed by atoms with Crippen LogP contribution >= 0.6 is 0 Å². The van der Waals surface area contributed by atoms with E-state index in [1.165, 1.54) is 6.26 Å². The molecule has 0 aliphatic carbocycles. The molecule has 1 aromatic heterocycles. The molecular weight excluding hydrogens is 368 g/mol. The van der Waals surface area contributed by atoms with Crippen molar-refractivity contribution in [3.63, 3.8) is 0 Å². The molecule has 1 amide bonds. The van der Waals surface area contributed by atoms with Crippen molar-refractivity contribution < 1.29 is 13.9 Å². The largest absolute Gasteiger partial charge is 0.484 e. The van der Waals surface area contributed by atoms with Crippen LogP contribution in [0, 0.1) is 0 Å². The third-order valence-electron chi connectivity index (χ3n) is 5.37. The number of hydrogen-bond donors (Lipinski definition) is 0. The molecule has 2 heterocycles. The molecule has 1 fully saturated rings. The summed E-state index contributed by atoms with van der Waals surface area (Å²) < 4.78 is 11.4. The highest BCUT2D eigenvalue weighted by atomic mass is 16.5. The Hall–Kier alpha value is -3.12. The summed E-state index contributed by atoms with van der Waals surface area (Å²) in [6.45, 7) is 6.36. The number of fused-ring (bicyclic) bond motifs is 1. The van der Waals surface area contributed by atoms with Crippen LogP contribution in [0.25, 0.3) is 22.1 Å². The van der Waals surface area contributed by atoms with Crippen LogP contribution in [-0.4, -0.2) is 55.0 Å². The predicted octanol–water partition coefficient (Wildman–Crippen LogP) is 3.00. The van der Waals surface area contributed by atoms with Gasteiger partial charge in [-0.25, -0.2) is 0 Å². The van der Waals surface area contributed by atoms with E-state index in [0.29, 0.717) is 22.3 Å². The van der Waals surface area contributed by atoms with E-state index < -0.39 is 0 Å². The fraction of sp³-hybridized carbons (Fsp3) is 0.304. The molecule has 1 aliphatic rings. The maximum absolute atomic E-state index is 12.8. The molecule has 0 radical (unpaired) electrons. The predicted molar refractivity (Wildman–Crippen MR) is 112 cm³/mol. The maximum Gasteiger partial charge on any atom is 0.260 e. The van der Waals surface area contributed by atoms with Gasteiger partial charge >= 0.3 is 0 Å². The number of ether oxygens (including phenoxy) is 1. The molecule has 6 heteroatoms. The number of nitrogens with zero attached hydrogens (tertiary/aromatic N) is 2. The van der Waals surface area contributed by atoms with Crippen molar-refractivity contribution in [3.05, 3.63) is 65.0 Å². The average molecular weight is 392 g/mol. The highest BCUT2D eigenvalue weighted by Crippen LogP contribution is 2.23. The number of carbonyl (C=O) groups excluding carboxylic acids is 1. The monoisotopic (exact) mass is 392 g/mol. The quantitative estimate of drug-likeness (QED) is 0.668. The van der Waals surface area contributed by atoms with Gasteiger partial charge in [0.1, 0.15) is 17.6 Å². The number of piperazine rings is 1. The second kappa shape index (κ2) is 8.49. The van der Waals surface area contributed by atoms with Gasteiger partial charge in [-0.05, 0) is 24.2 Å². The summed E-state index contributed by atoms with van der Waals surface area (Å²) in [6, 6.07) is 14.5. The minimum atomic E-state index is -0.0890. The van der Waals surface area contributed by atoms with Gasteiger partial charge in [-0.15, -0.1) is 0 Å². The molecule has 0 bridgehead atoms. The number of rotatable bonds is 5. The smallest absolute Gasteiger partial charge is 0.260 e. The van der Waals surface area contributed by atoms with Crippen LogP contribution in [0.5, 0.6) is 5.75 Å². The van der Waals surface area contributed by atoms with E-state index in [1.54, 1.807) is 18.2 Å². The first-order valence-electron chi connectivity index (χ1n) is 9.89. The zero-order valence-corrected chi connectivity index (χ0v) is 16.5. The van der Waals surface area contributed by atoms with E-state index in [-0.39, 0.29) is 17.9 Å². The molecule has 0 atom stereocenters. The lowest BCUT2D eigenvalue weighted by atomic mass is 10.1. The summed E-state index contributed by atoms with van der Waals surface area (Å²) in [6.07, 6.45) is 1.47. The Balaban J connectivity index is 1.46. The molecule has 150 valence electrons. The summed E-state index contributed by atoms with van der Waals surface area (Å²) in [5, 5.41) is 0.487. The Morgan fingerprint density at radius 3 is 2.55 bits per heavy atom. The Kier molecular flexibility index (Phi) is 5.62. The van der Waals surface area contributed by atoms with Crippen molar-refractivity contribution in [1.29, 1.82) is 0 Å². The van der Waals surface area contributed by atoms with E-state index >= 15 is 0 Å². The van der Waals surface area contributed by atoms with Gasteiger partial charge in [-0.3, -0.25) is 9.59 Å². The second-order valence-electron chi connectivity index (χ2n) is 7.11. The lowest BCUT2D eigenvalue weighted by molar-refractivity contribution is -0.135. The molecule has 3 aromatic rings. The Labute approximate surface area is 169 Å². The number of carbonyl (C=O) groups is 1. The number of benzene rings is 2. The van der Waals surface area contributed by atoms with E-state index in [4.69, 9.17) is 9.15 Å². The first-order chi connectivity index (χ1) is 14.2. The molecule has 6 nitrogen and oxygen atoms in total. The lowest BCUT2D eigenvalue weighted by Crippen LogP contribution is -2.49. The first-order valence-corrected chi connectivity index (χ1v) is 9.89. The third-order valence-corrected chi connectivity index (χ3v) is 5.37. The van der Waals surface area contributed by atoms with Gasteiger partial charge in [-0.1, -0.05) is 37.3 Å². The number of hydrogen-bond acceptors (Lipinski definition) is 5. The van der Waals surface area contributed by atoms with Crippen LogP contribution in [0.2, 0.25) is 0 Å². The Morgan fingerprint density at radius 1 is 1.07 bits per heavy atom. The van der Waals surface area contributed by atoms with Crippen molar-refractivity contribution in [2.75, 3.05) is 39.3 Å². The van der Waals surface area contributed by atoms with Crippen molar-refractivity contribution >= 4 is 16.9 Å². The molecule has 0 N–H and O–H groups in total. The third kappa shape index (κ3) is 4.17. The van der Waals surface area contributed by atoms with E-state index in [2.05, 4.69) is 11.8 Å². The molecule has 4 rings (SSSR count). The van der Waals surface area contributed by atoms with Crippen LogP contribution < -0.4 is 10.2 Å². The highest BCUT2D eigenvalue weighted by Gasteiger charge is 2.20. The zero-order chi connectivity index (χ0) is 20.2. The molecule has 1 aliphatic heterocycles. The molecule has 0 spiro atoms.